The first kappa shape index (κ1) is 16.8. The smallest absolute Gasteiger partial charge is 0.215 e. The average Bonchev–Trinajstić information content (AvgIpc) is 2.67. The van der Waals surface area contributed by atoms with Gasteiger partial charge in [0.15, 0.2) is 11.6 Å². The second-order valence-electron chi connectivity index (χ2n) is 5.97. The maximum absolute atomic E-state index is 6.25. The van der Waals surface area contributed by atoms with Crippen molar-refractivity contribution < 1.29 is 4.74 Å². The summed E-state index contributed by atoms with van der Waals surface area (Å²) in [4.78, 5) is 22.6. The molecule has 7 nitrogen and oxygen atoms in total. The molecule has 1 aliphatic heterocycles. The second-order valence-corrected chi connectivity index (χ2v) is 6.40. The van der Waals surface area contributed by atoms with E-state index in [1.807, 2.05) is 0 Å². The Morgan fingerprint density at radius 1 is 1.12 bits per heavy atom. The van der Waals surface area contributed by atoms with Gasteiger partial charge in [-0.2, -0.15) is 0 Å². The van der Waals surface area contributed by atoms with Crippen molar-refractivity contribution in [3.05, 3.63) is 46.9 Å². The molecule has 0 aromatic carbocycles. The summed E-state index contributed by atoms with van der Waals surface area (Å²) >= 11 is 6.25. The molecule has 8 heteroatoms. The number of fused-ring (bicyclic) bond motifs is 1. The number of ether oxygens (including phenoxy) is 1. The van der Waals surface area contributed by atoms with Crippen LogP contribution in [0.2, 0.25) is 5.02 Å². The van der Waals surface area contributed by atoms with Gasteiger partial charge < -0.3 is 10.1 Å². The van der Waals surface area contributed by atoms with Crippen molar-refractivity contribution in [3.8, 4) is 28.9 Å². The first-order valence-corrected chi connectivity index (χ1v) is 8.67. The Labute approximate surface area is 155 Å². The Bertz CT molecular complexity index is 950. The van der Waals surface area contributed by atoms with E-state index < -0.39 is 0 Å². The first-order valence-electron chi connectivity index (χ1n) is 8.29. The van der Waals surface area contributed by atoms with Crippen molar-refractivity contribution in [2.24, 2.45) is 0 Å². The van der Waals surface area contributed by atoms with Gasteiger partial charge in [0.25, 0.3) is 0 Å². The fourth-order valence-electron chi connectivity index (χ4n) is 3.08. The van der Waals surface area contributed by atoms with Crippen molar-refractivity contribution in [3.63, 3.8) is 0 Å². The minimum atomic E-state index is 0.103. The maximum Gasteiger partial charge on any atom is 0.215 e. The Morgan fingerprint density at radius 3 is 2.69 bits per heavy atom. The molecule has 0 amide bonds. The molecule has 1 unspecified atom stereocenters. The van der Waals surface area contributed by atoms with E-state index in [-0.39, 0.29) is 6.04 Å². The number of pyridine rings is 1. The molecule has 0 fully saturated rings. The lowest BCUT2D eigenvalue weighted by atomic mass is 9.96. The minimum Gasteiger partial charge on any atom is -0.481 e. The number of hydrogen-bond acceptors (Lipinski definition) is 7. The summed E-state index contributed by atoms with van der Waals surface area (Å²) in [5.74, 6) is 1.40. The molecule has 3 aromatic rings. The molecule has 0 saturated heterocycles. The van der Waals surface area contributed by atoms with E-state index in [9.17, 15) is 0 Å². The topological polar surface area (TPSA) is 85.7 Å². The zero-order valence-corrected chi connectivity index (χ0v) is 15.2. The van der Waals surface area contributed by atoms with E-state index in [0.717, 1.165) is 29.9 Å². The SMILES string of the molecule is COc1cc(Cl)cc(-c2nc(-c3ncccn3)nc3c2C(C)NCC3)n1. The number of hydrogen-bond donors (Lipinski definition) is 1. The van der Waals surface area contributed by atoms with E-state index in [4.69, 9.17) is 26.3 Å². The predicted molar refractivity (Wildman–Crippen MR) is 98.0 cm³/mol. The van der Waals surface area contributed by atoms with Crippen molar-refractivity contribution in [1.29, 1.82) is 0 Å². The highest BCUT2D eigenvalue weighted by molar-refractivity contribution is 6.30. The van der Waals surface area contributed by atoms with Crippen molar-refractivity contribution in [2.45, 2.75) is 19.4 Å². The predicted octanol–water partition coefficient (Wildman–Crippen LogP) is 2.86. The summed E-state index contributed by atoms with van der Waals surface area (Å²) in [6.45, 7) is 2.94. The molecule has 3 aromatic heterocycles. The molecule has 26 heavy (non-hydrogen) atoms. The number of halogens is 1. The molecule has 0 aliphatic carbocycles. The van der Waals surface area contributed by atoms with E-state index in [2.05, 4.69) is 27.2 Å². The van der Waals surface area contributed by atoms with E-state index in [1.54, 1.807) is 37.7 Å². The van der Waals surface area contributed by atoms with Gasteiger partial charge in [-0.1, -0.05) is 11.6 Å². The lowest BCUT2D eigenvalue weighted by Gasteiger charge is -2.25. The van der Waals surface area contributed by atoms with Crippen molar-refractivity contribution in [2.75, 3.05) is 13.7 Å². The van der Waals surface area contributed by atoms with Gasteiger partial charge in [-0.3, -0.25) is 0 Å². The lowest BCUT2D eigenvalue weighted by Crippen LogP contribution is -2.30. The number of nitrogens with zero attached hydrogens (tertiary/aromatic N) is 5. The van der Waals surface area contributed by atoms with Crippen LogP contribution in [0.5, 0.6) is 5.88 Å². The van der Waals surface area contributed by atoms with Crippen molar-refractivity contribution >= 4 is 11.6 Å². The van der Waals surface area contributed by atoms with Crippen LogP contribution in [-0.4, -0.2) is 38.6 Å². The van der Waals surface area contributed by atoms with Gasteiger partial charge in [0.1, 0.15) is 0 Å². The standard InChI is InChI=1S/C18H17ClN6O/c1-10-15-12(4-7-20-10)24-18(17-21-5-3-6-22-17)25-16(15)13-8-11(19)9-14(23-13)26-2/h3,5-6,8-10,20H,4,7H2,1-2H3. The highest BCUT2D eigenvalue weighted by atomic mass is 35.5. The van der Waals surface area contributed by atoms with Crippen LogP contribution in [0.15, 0.2) is 30.6 Å². The summed E-state index contributed by atoms with van der Waals surface area (Å²) < 4.78 is 5.26. The Kier molecular flexibility index (Phi) is 4.48. The number of methoxy groups -OCH3 is 1. The van der Waals surface area contributed by atoms with Crippen LogP contribution in [0, 0.1) is 0 Å². The molecule has 1 N–H and O–H groups in total. The Morgan fingerprint density at radius 2 is 1.92 bits per heavy atom. The fraction of sp³-hybridized carbons (Fsp3) is 0.278. The summed E-state index contributed by atoms with van der Waals surface area (Å²) in [6.07, 6.45) is 4.15. The number of rotatable bonds is 3. The Hall–Kier alpha value is -2.64. The van der Waals surface area contributed by atoms with Gasteiger partial charge in [0.05, 0.1) is 24.2 Å². The summed E-state index contributed by atoms with van der Waals surface area (Å²) in [5, 5.41) is 3.98. The lowest BCUT2D eigenvalue weighted by molar-refractivity contribution is 0.398. The summed E-state index contributed by atoms with van der Waals surface area (Å²) in [6, 6.07) is 5.31. The highest BCUT2D eigenvalue weighted by Crippen LogP contribution is 2.33. The molecule has 4 rings (SSSR count). The van der Waals surface area contributed by atoms with Crippen LogP contribution in [-0.2, 0) is 6.42 Å². The van der Waals surface area contributed by atoms with Crippen LogP contribution in [0.1, 0.15) is 24.2 Å². The normalized spacial score (nSPS) is 16.2. The molecule has 0 spiro atoms. The largest absolute Gasteiger partial charge is 0.481 e. The van der Waals surface area contributed by atoms with Crippen LogP contribution in [0.25, 0.3) is 23.0 Å². The molecular weight excluding hydrogens is 352 g/mol. The second kappa shape index (κ2) is 6.93. The molecule has 0 radical (unpaired) electrons. The number of nitrogens with one attached hydrogen (secondary N) is 1. The van der Waals surface area contributed by atoms with E-state index in [0.29, 0.717) is 28.2 Å². The molecule has 0 saturated carbocycles. The van der Waals surface area contributed by atoms with Gasteiger partial charge in [0.2, 0.25) is 5.88 Å². The van der Waals surface area contributed by atoms with Crippen molar-refractivity contribution in [1.82, 2.24) is 30.2 Å². The van der Waals surface area contributed by atoms with Crippen LogP contribution < -0.4 is 10.1 Å². The Balaban J connectivity index is 1.96. The molecule has 1 atom stereocenters. The fourth-order valence-corrected chi connectivity index (χ4v) is 3.28. The first-order chi connectivity index (χ1) is 12.7. The third-order valence-electron chi connectivity index (χ3n) is 4.25. The van der Waals surface area contributed by atoms with Gasteiger partial charge in [-0.15, -0.1) is 0 Å². The molecule has 4 heterocycles. The number of aromatic nitrogens is 5. The minimum absolute atomic E-state index is 0.103. The summed E-state index contributed by atoms with van der Waals surface area (Å²) in [7, 11) is 1.56. The maximum atomic E-state index is 6.25. The molecule has 132 valence electrons. The monoisotopic (exact) mass is 368 g/mol. The third kappa shape index (κ3) is 3.11. The van der Waals surface area contributed by atoms with Gasteiger partial charge in [-0.05, 0) is 19.1 Å². The van der Waals surface area contributed by atoms with Crippen LogP contribution >= 0.6 is 11.6 Å². The average molecular weight is 369 g/mol. The van der Waals surface area contributed by atoms with E-state index >= 15 is 0 Å². The summed E-state index contributed by atoms with van der Waals surface area (Å²) in [5.41, 5.74) is 3.36. The molecular formula is C18H17ClN6O. The van der Waals surface area contributed by atoms with Crippen LogP contribution in [0.4, 0.5) is 0 Å². The van der Waals surface area contributed by atoms with E-state index in [1.165, 1.54) is 0 Å². The zero-order valence-electron chi connectivity index (χ0n) is 14.4. The zero-order chi connectivity index (χ0) is 18.1. The quantitative estimate of drug-likeness (QED) is 0.760. The highest BCUT2D eigenvalue weighted by Gasteiger charge is 2.25. The van der Waals surface area contributed by atoms with Crippen LogP contribution in [0.3, 0.4) is 0 Å². The molecule has 1 aliphatic rings. The van der Waals surface area contributed by atoms with Gasteiger partial charge in [0, 0.05) is 48.1 Å². The molecule has 0 bridgehead atoms. The van der Waals surface area contributed by atoms with Gasteiger partial charge in [-0.25, -0.2) is 24.9 Å². The van der Waals surface area contributed by atoms with Gasteiger partial charge >= 0.3 is 0 Å². The third-order valence-corrected chi connectivity index (χ3v) is 4.47.